The van der Waals surface area contributed by atoms with Gasteiger partial charge < -0.3 is 10.2 Å². The molecule has 2 fully saturated rings. The highest BCUT2D eigenvalue weighted by molar-refractivity contribution is 5.87. The van der Waals surface area contributed by atoms with Crippen LogP contribution in [0.25, 0.3) is 0 Å². The van der Waals surface area contributed by atoms with Crippen molar-refractivity contribution in [1.82, 2.24) is 10.0 Å². The van der Waals surface area contributed by atoms with Crippen LogP contribution in [0.15, 0.2) is 48.5 Å². The van der Waals surface area contributed by atoms with E-state index in [4.69, 9.17) is 5.11 Å². The molecule has 1 atom stereocenters. The Balaban J connectivity index is 1.24. The van der Waals surface area contributed by atoms with Crippen molar-refractivity contribution in [2.75, 3.05) is 19.6 Å². The molecule has 1 unspecified atom stereocenters. The minimum absolute atomic E-state index is 0.106. The lowest BCUT2D eigenvalue weighted by Gasteiger charge is -2.29. The van der Waals surface area contributed by atoms with Gasteiger partial charge in [-0.25, -0.2) is 9.80 Å². The van der Waals surface area contributed by atoms with Gasteiger partial charge in [0.1, 0.15) is 0 Å². The number of aliphatic hydroxyl groups is 1. The number of carboxylic acids is 1. The van der Waals surface area contributed by atoms with E-state index in [-0.39, 0.29) is 11.5 Å². The first-order chi connectivity index (χ1) is 16.0. The fourth-order valence-electron chi connectivity index (χ4n) is 4.54. The van der Waals surface area contributed by atoms with E-state index in [2.05, 4.69) is 24.3 Å². The highest BCUT2D eigenvalue weighted by Gasteiger charge is 2.28. The molecule has 1 saturated heterocycles. The lowest BCUT2D eigenvalue weighted by atomic mass is 10.0. The van der Waals surface area contributed by atoms with Gasteiger partial charge in [0.15, 0.2) is 0 Å². The van der Waals surface area contributed by atoms with Crippen LogP contribution >= 0.6 is 0 Å². The highest BCUT2D eigenvalue weighted by atomic mass is 16.4. The molecule has 2 aromatic carbocycles. The van der Waals surface area contributed by atoms with E-state index in [9.17, 15) is 14.7 Å². The number of hydrogen-bond donors (Lipinski definition) is 2. The smallest absolute Gasteiger partial charge is 0.335 e. The number of carboxylic acid groups (broad SMARTS) is 1. The first-order valence-corrected chi connectivity index (χ1v) is 12.1. The summed E-state index contributed by atoms with van der Waals surface area (Å²) in [5, 5.41) is 23.5. The fraction of sp³-hybridized carbons (Fsp3) is 0.481. The van der Waals surface area contributed by atoms with Crippen molar-refractivity contribution in [3.05, 3.63) is 70.8 Å². The number of rotatable bonds is 12. The number of hydrogen-bond acceptors (Lipinski definition) is 4. The number of benzene rings is 2. The molecular formula is C27H34N2O4. The molecule has 33 heavy (non-hydrogen) atoms. The number of aryl methyl sites for hydroxylation is 1. The van der Waals surface area contributed by atoms with Crippen LogP contribution in [-0.4, -0.2) is 57.8 Å². The quantitative estimate of drug-likeness (QED) is 0.515. The zero-order chi connectivity index (χ0) is 23.2. The number of hydrazine groups is 1. The van der Waals surface area contributed by atoms with Crippen LogP contribution in [0.3, 0.4) is 0 Å². The predicted octanol–water partition coefficient (Wildman–Crippen LogP) is 3.71. The average molecular weight is 451 g/mol. The first-order valence-electron chi connectivity index (χ1n) is 12.1. The van der Waals surface area contributed by atoms with Crippen LogP contribution in [0.2, 0.25) is 0 Å². The van der Waals surface area contributed by atoms with Gasteiger partial charge in [-0.05, 0) is 66.8 Å². The third-order valence-electron chi connectivity index (χ3n) is 6.75. The van der Waals surface area contributed by atoms with Gasteiger partial charge in [-0.2, -0.15) is 0 Å². The van der Waals surface area contributed by atoms with Crippen LogP contribution in [-0.2, 0) is 24.1 Å². The summed E-state index contributed by atoms with van der Waals surface area (Å²) in [5.74, 6) is 0.0930. The van der Waals surface area contributed by atoms with Crippen LogP contribution in [0.1, 0.15) is 59.2 Å². The van der Waals surface area contributed by atoms with Crippen LogP contribution < -0.4 is 0 Å². The summed E-state index contributed by atoms with van der Waals surface area (Å²) in [7, 11) is 0. The summed E-state index contributed by atoms with van der Waals surface area (Å²) < 4.78 is 0. The summed E-state index contributed by atoms with van der Waals surface area (Å²) in [6.45, 7) is 1.89. The van der Waals surface area contributed by atoms with Crippen LogP contribution in [0, 0.1) is 5.92 Å². The molecule has 2 N–H and O–H groups in total. The Morgan fingerprint density at radius 3 is 2.48 bits per heavy atom. The van der Waals surface area contributed by atoms with Crippen molar-refractivity contribution < 1.29 is 19.8 Å². The van der Waals surface area contributed by atoms with Gasteiger partial charge in [0.25, 0.3) is 0 Å². The number of carbonyl (C=O) groups is 2. The molecule has 0 radical (unpaired) electrons. The molecule has 6 heteroatoms. The molecule has 1 aliphatic heterocycles. The summed E-state index contributed by atoms with van der Waals surface area (Å²) in [4.78, 5) is 23.4. The molecule has 2 aromatic rings. The normalized spacial score (nSPS) is 17.5. The minimum Gasteiger partial charge on any atom is -0.478 e. The summed E-state index contributed by atoms with van der Waals surface area (Å²) in [6.07, 6.45) is 7.13. The van der Waals surface area contributed by atoms with E-state index < -0.39 is 12.1 Å². The Kier molecular flexibility index (Phi) is 7.78. The maximum absolute atomic E-state index is 12.4. The van der Waals surface area contributed by atoms with Crippen molar-refractivity contribution in [2.24, 2.45) is 5.92 Å². The van der Waals surface area contributed by atoms with E-state index in [1.807, 2.05) is 5.01 Å². The zero-order valence-corrected chi connectivity index (χ0v) is 19.2. The SMILES string of the molecule is O=C(O)c1ccc(CCN2C(=O)CCN2CCC(O)Cc2cccc(CCC3CC3)c2)cc1. The van der Waals surface area contributed by atoms with E-state index in [1.54, 1.807) is 29.3 Å². The predicted molar refractivity (Wildman–Crippen MR) is 127 cm³/mol. The number of carbonyl (C=O) groups excluding carboxylic acids is 1. The highest BCUT2D eigenvalue weighted by Crippen LogP contribution is 2.33. The Labute approximate surface area is 195 Å². The maximum atomic E-state index is 12.4. The van der Waals surface area contributed by atoms with Gasteiger partial charge in [0, 0.05) is 26.1 Å². The third kappa shape index (κ3) is 6.89. The molecule has 1 aliphatic carbocycles. The second kappa shape index (κ2) is 10.9. The largest absolute Gasteiger partial charge is 0.478 e. The molecule has 2 aliphatic rings. The molecule has 1 amide bonds. The first kappa shape index (κ1) is 23.5. The van der Waals surface area contributed by atoms with Crippen LogP contribution in [0.5, 0.6) is 0 Å². The van der Waals surface area contributed by atoms with Crippen molar-refractivity contribution in [1.29, 1.82) is 0 Å². The van der Waals surface area contributed by atoms with E-state index >= 15 is 0 Å². The van der Waals surface area contributed by atoms with E-state index in [0.717, 1.165) is 17.9 Å². The maximum Gasteiger partial charge on any atom is 0.335 e. The van der Waals surface area contributed by atoms with Gasteiger partial charge in [-0.3, -0.25) is 9.80 Å². The monoisotopic (exact) mass is 450 g/mol. The lowest BCUT2D eigenvalue weighted by Crippen LogP contribution is -2.41. The van der Waals surface area contributed by atoms with Gasteiger partial charge in [0.2, 0.25) is 5.91 Å². The average Bonchev–Trinajstić information content (AvgIpc) is 3.57. The van der Waals surface area contributed by atoms with E-state index in [1.165, 1.54) is 30.4 Å². The fourth-order valence-corrected chi connectivity index (χ4v) is 4.54. The summed E-state index contributed by atoms with van der Waals surface area (Å²) in [6, 6.07) is 15.4. The number of aromatic carboxylic acids is 1. The Bertz CT molecular complexity index is 955. The molecule has 4 rings (SSSR count). The molecule has 0 aromatic heterocycles. The molecule has 6 nitrogen and oxygen atoms in total. The van der Waals surface area contributed by atoms with Gasteiger partial charge in [-0.1, -0.05) is 49.2 Å². The minimum atomic E-state index is -0.939. The Morgan fingerprint density at radius 1 is 1.00 bits per heavy atom. The Hall–Kier alpha value is -2.70. The molecular weight excluding hydrogens is 416 g/mol. The lowest BCUT2D eigenvalue weighted by molar-refractivity contribution is -0.138. The van der Waals surface area contributed by atoms with E-state index in [0.29, 0.717) is 45.3 Å². The Morgan fingerprint density at radius 2 is 1.76 bits per heavy atom. The van der Waals surface area contributed by atoms with Gasteiger partial charge in [0.05, 0.1) is 11.7 Å². The number of amides is 1. The van der Waals surface area contributed by atoms with Crippen molar-refractivity contribution >= 4 is 11.9 Å². The third-order valence-corrected chi connectivity index (χ3v) is 6.75. The molecule has 176 valence electrons. The zero-order valence-electron chi connectivity index (χ0n) is 19.2. The number of nitrogens with zero attached hydrogens (tertiary/aromatic N) is 2. The van der Waals surface area contributed by atoms with Crippen LogP contribution in [0.4, 0.5) is 0 Å². The molecule has 1 saturated carbocycles. The van der Waals surface area contributed by atoms with Gasteiger partial charge >= 0.3 is 5.97 Å². The summed E-state index contributed by atoms with van der Waals surface area (Å²) in [5.41, 5.74) is 3.80. The van der Waals surface area contributed by atoms with Crippen molar-refractivity contribution in [3.8, 4) is 0 Å². The van der Waals surface area contributed by atoms with Crippen molar-refractivity contribution in [2.45, 2.75) is 57.5 Å². The van der Waals surface area contributed by atoms with Gasteiger partial charge in [-0.15, -0.1) is 0 Å². The molecule has 0 spiro atoms. The second-order valence-corrected chi connectivity index (χ2v) is 9.42. The number of aliphatic hydroxyl groups excluding tert-OH is 1. The summed E-state index contributed by atoms with van der Waals surface area (Å²) >= 11 is 0. The molecule has 0 bridgehead atoms. The standard InChI is InChI=1S/C27H34N2O4/c30-25(19-23-3-1-2-22(18-23)7-6-20-4-5-20)13-15-28-16-14-26(31)29(28)17-12-21-8-10-24(11-9-21)27(32)33/h1-3,8-11,18,20,25,30H,4-7,12-17,19H2,(H,32,33). The van der Waals surface area contributed by atoms with Crippen molar-refractivity contribution in [3.63, 3.8) is 0 Å². The molecule has 1 heterocycles. The second-order valence-electron chi connectivity index (χ2n) is 9.42. The topological polar surface area (TPSA) is 81.1 Å².